The molecule has 1 N–H and O–H groups in total. The van der Waals surface area contributed by atoms with Gasteiger partial charge in [-0.2, -0.15) is 5.10 Å². The molecule has 0 aliphatic heterocycles. The first kappa shape index (κ1) is 14.1. The highest BCUT2D eigenvalue weighted by atomic mass is 79.9. The molecule has 0 radical (unpaired) electrons. The maximum absolute atomic E-state index is 11.1. The number of nitrogens with zero attached hydrogens (tertiary/aromatic N) is 2. The molecule has 0 aliphatic rings. The Morgan fingerprint density at radius 2 is 2.16 bits per heavy atom. The first-order valence-corrected chi connectivity index (χ1v) is 6.86. The van der Waals surface area contributed by atoms with E-state index in [-0.39, 0.29) is 16.6 Å². The van der Waals surface area contributed by atoms with Crippen LogP contribution < -0.4 is 0 Å². The molecule has 2 aromatic rings. The van der Waals surface area contributed by atoms with E-state index in [9.17, 15) is 4.79 Å². The monoisotopic (exact) mass is 342 g/mol. The lowest BCUT2D eigenvalue weighted by Gasteiger charge is -2.10. The van der Waals surface area contributed by atoms with Crippen LogP contribution in [0.5, 0.6) is 0 Å². The molecule has 1 aromatic carbocycles. The molecule has 0 spiro atoms. The topological polar surface area (TPSA) is 55.1 Å². The van der Waals surface area contributed by atoms with Gasteiger partial charge in [-0.05, 0) is 24.1 Å². The number of carbonyl (C=O) groups is 1. The Bertz CT molecular complexity index is 638. The lowest BCUT2D eigenvalue weighted by atomic mass is 10.1. The lowest BCUT2D eigenvalue weighted by molar-refractivity contribution is 0.0690. The largest absolute Gasteiger partial charge is 0.476 e. The van der Waals surface area contributed by atoms with Gasteiger partial charge in [0, 0.05) is 4.47 Å². The molecule has 1 aromatic heterocycles. The Morgan fingerprint density at radius 1 is 1.47 bits per heavy atom. The van der Waals surface area contributed by atoms with Crippen molar-refractivity contribution in [3.05, 3.63) is 45.1 Å². The number of aromatic nitrogens is 2. The first-order valence-electron chi connectivity index (χ1n) is 5.69. The van der Waals surface area contributed by atoms with Gasteiger partial charge in [0.05, 0.1) is 16.4 Å². The summed E-state index contributed by atoms with van der Waals surface area (Å²) >= 11 is 9.52. The zero-order chi connectivity index (χ0) is 14.2. The maximum atomic E-state index is 11.1. The average Bonchev–Trinajstić information content (AvgIpc) is 2.67. The molecular weight excluding hydrogens is 332 g/mol. The van der Waals surface area contributed by atoms with Crippen molar-refractivity contribution in [2.45, 2.75) is 19.8 Å². The van der Waals surface area contributed by atoms with E-state index < -0.39 is 5.97 Å². The van der Waals surface area contributed by atoms with Crippen LogP contribution in [0.2, 0.25) is 5.02 Å². The van der Waals surface area contributed by atoms with Crippen LogP contribution in [0.1, 0.15) is 35.9 Å². The predicted octanol–water partition coefficient (Wildman–Crippen LogP) is 4.11. The molecule has 0 saturated carbocycles. The zero-order valence-corrected chi connectivity index (χ0v) is 12.7. The summed E-state index contributed by atoms with van der Waals surface area (Å²) in [6.07, 6.45) is 0. The van der Waals surface area contributed by atoms with Gasteiger partial charge < -0.3 is 5.11 Å². The molecule has 4 nitrogen and oxygen atoms in total. The van der Waals surface area contributed by atoms with Crippen molar-refractivity contribution in [3.63, 3.8) is 0 Å². The number of hydrogen-bond acceptors (Lipinski definition) is 2. The molecule has 0 atom stereocenters. The third-order valence-electron chi connectivity index (χ3n) is 2.66. The standard InChI is InChI=1S/C13H12BrClN2O2/c1-7(2)12-10(15)11(13(18)19)16-17(12)9-5-3-4-8(14)6-9/h3-7H,1-2H3,(H,18,19). The first-order chi connectivity index (χ1) is 8.91. The second-order valence-electron chi connectivity index (χ2n) is 4.40. The Balaban J connectivity index is 2.69. The van der Waals surface area contributed by atoms with Crippen LogP contribution >= 0.6 is 27.5 Å². The molecule has 0 aliphatic carbocycles. The minimum atomic E-state index is -1.12. The van der Waals surface area contributed by atoms with Crippen LogP contribution in [0, 0.1) is 0 Å². The third kappa shape index (κ3) is 2.67. The number of halogens is 2. The van der Waals surface area contributed by atoms with Gasteiger partial charge in [0.1, 0.15) is 0 Å². The van der Waals surface area contributed by atoms with Gasteiger partial charge in [-0.15, -0.1) is 0 Å². The third-order valence-corrected chi connectivity index (χ3v) is 3.53. The van der Waals surface area contributed by atoms with Crippen LogP contribution in [0.25, 0.3) is 5.69 Å². The Hall–Kier alpha value is -1.33. The minimum Gasteiger partial charge on any atom is -0.476 e. The SMILES string of the molecule is CC(C)c1c(Cl)c(C(=O)O)nn1-c1cccc(Br)c1. The van der Waals surface area contributed by atoms with E-state index in [1.54, 1.807) is 4.68 Å². The van der Waals surface area contributed by atoms with Crippen LogP contribution in [0.4, 0.5) is 0 Å². The molecule has 2 rings (SSSR count). The van der Waals surface area contributed by atoms with Gasteiger partial charge in [-0.1, -0.05) is 47.4 Å². The molecule has 1 heterocycles. The van der Waals surface area contributed by atoms with Crippen LogP contribution in [0.3, 0.4) is 0 Å². The summed E-state index contributed by atoms with van der Waals surface area (Å²) < 4.78 is 2.48. The smallest absolute Gasteiger partial charge is 0.358 e. The average molecular weight is 344 g/mol. The Morgan fingerprint density at radius 3 is 2.68 bits per heavy atom. The van der Waals surface area contributed by atoms with Crippen molar-refractivity contribution in [3.8, 4) is 5.69 Å². The fourth-order valence-corrected chi connectivity index (χ4v) is 2.66. The van der Waals surface area contributed by atoms with E-state index in [1.165, 1.54) is 0 Å². The van der Waals surface area contributed by atoms with Crippen molar-refractivity contribution in [1.82, 2.24) is 9.78 Å². The summed E-state index contributed by atoms with van der Waals surface area (Å²) in [5, 5.41) is 13.4. The van der Waals surface area contributed by atoms with E-state index in [1.807, 2.05) is 38.1 Å². The summed E-state index contributed by atoms with van der Waals surface area (Å²) in [7, 11) is 0. The van der Waals surface area contributed by atoms with Gasteiger partial charge in [-0.3, -0.25) is 0 Å². The highest BCUT2D eigenvalue weighted by molar-refractivity contribution is 9.10. The summed E-state index contributed by atoms with van der Waals surface area (Å²) in [6, 6.07) is 7.47. The van der Waals surface area contributed by atoms with Gasteiger partial charge in [0.2, 0.25) is 0 Å². The zero-order valence-electron chi connectivity index (χ0n) is 10.4. The maximum Gasteiger partial charge on any atom is 0.358 e. The van der Waals surface area contributed by atoms with Crippen molar-refractivity contribution in [2.75, 3.05) is 0 Å². The number of aromatic carboxylic acids is 1. The second kappa shape index (κ2) is 5.35. The molecule has 6 heteroatoms. The number of carboxylic acids is 1. The molecule has 100 valence electrons. The van der Waals surface area contributed by atoms with Gasteiger partial charge in [-0.25, -0.2) is 9.48 Å². The van der Waals surface area contributed by atoms with Crippen molar-refractivity contribution in [1.29, 1.82) is 0 Å². The molecule has 0 saturated heterocycles. The van der Waals surface area contributed by atoms with Gasteiger partial charge in [0.15, 0.2) is 5.69 Å². The number of hydrogen-bond donors (Lipinski definition) is 1. The van der Waals surface area contributed by atoms with Crippen molar-refractivity contribution in [2.24, 2.45) is 0 Å². The van der Waals surface area contributed by atoms with Crippen LogP contribution in [-0.4, -0.2) is 20.9 Å². The highest BCUT2D eigenvalue weighted by Crippen LogP contribution is 2.30. The van der Waals surface area contributed by atoms with Crippen molar-refractivity contribution < 1.29 is 9.90 Å². The Kier molecular flexibility index (Phi) is 3.96. The molecule has 0 amide bonds. The molecule has 0 fully saturated rings. The highest BCUT2D eigenvalue weighted by Gasteiger charge is 2.23. The fraction of sp³-hybridized carbons (Fsp3) is 0.231. The number of rotatable bonds is 3. The van der Waals surface area contributed by atoms with E-state index in [0.29, 0.717) is 5.69 Å². The summed E-state index contributed by atoms with van der Waals surface area (Å²) in [5.74, 6) is -1.06. The molecule has 0 unspecified atom stereocenters. The van der Waals surface area contributed by atoms with Gasteiger partial charge in [0.25, 0.3) is 0 Å². The normalized spacial score (nSPS) is 11.0. The fourth-order valence-electron chi connectivity index (χ4n) is 1.85. The summed E-state index contributed by atoms with van der Waals surface area (Å²) in [6.45, 7) is 3.89. The second-order valence-corrected chi connectivity index (χ2v) is 5.69. The van der Waals surface area contributed by atoms with E-state index >= 15 is 0 Å². The number of benzene rings is 1. The minimum absolute atomic E-state index is 0.0621. The summed E-state index contributed by atoms with van der Waals surface area (Å²) in [5.41, 5.74) is 1.34. The number of carboxylic acid groups (broad SMARTS) is 1. The quantitative estimate of drug-likeness (QED) is 0.912. The predicted molar refractivity (Wildman–Crippen MR) is 77.3 cm³/mol. The lowest BCUT2D eigenvalue weighted by Crippen LogP contribution is -2.04. The van der Waals surface area contributed by atoms with E-state index in [4.69, 9.17) is 16.7 Å². The summed E-state index contributed by atoms with van der Waals surface area (Å²) in [4.78, 5) is 11.1. The van der Waals surface area contributed by atoms with Gasteiger partial charge >= 0.3 is 5.97 Å². The van der Waals surface area contributed by atoms with E-state index in [0.717, 1.165) is 10.2 Å². The Labute approximate surface area is 124 Å². The molecule has 0 bridgehead atoms. The van der Waals surface area contributed by atoms with Crippen LogP contribution in [-0.2, 0) is 0 Å². The molecular formula is C13H12BrClN2O2. The molecule has 19 heavy (non-hydrogen) atoms. The van der Waals surface area contributed by atoms with Crippen molar-refractivity contribution >= 4 is 33.5 Å². The van der Waals surface area contributed by atoms with Crippen LogP contribution in [0.15, 0.2) is 28.7 Å². The van der Waals surface area contributed by atoms with E-state index in [2.05, 4.69) is 21.0 Å².